The maximum absolute atomic E-state index is 11.9. The highest BCUT2D eigenvalue weighted by molar-refractivity contribution is 6.04. The summed E-state index contributed by atoms with van der Waals surface area (Å²) in [5, 5.41) is 9.20. The number of H-pyrrole nitrogens is 1. The van der Waals surface area contributed by atoms with Crippen LogP contribution < -0.4 is 5.32 Å². The van der Waals surface area contributed by atoms with E-state index in [0.717, 1.165) is 11.3 Å². The Balaban J connectivity index is 2.11. The molecule has 0 atom stereocenters. The lowest BCUT2D eigenvalue weighted by Crippen LogP contribution is -2.12. The molecule has 1 heterocycles. The summed E-state index contributed by atoms with van der Waals surface area (Å²) in [6, 6.07) is 7.58. The first-order chi connectivity index (χ1) is 8.81. The quantitative estimate of drug-likeness (QED) is 0.848. The van der Waals surface area contributed by atoms with Crippen molar-refractivity contribution < 1.29 is 9.53 Å². The maximum Gasteiger partial charge on any atom is 0.258 e. The van der Waals surface area contributed by atoms with E-state index in [2.05, 4.69) is 15.5 Å². The van der Waals surface area contributed by atoms with Crippen molar-refractivity contribution >= 4 is 11.6 Å². The first kappa shape index (κ1) is 12.3. The molecule has 0 aliphatic carbocycles. The third-order valence-corrected chi connectivity index (χ3v) is 2.49. The van der Waals surface area contributed by atoms with Crippen LogP contribution in [0.5, 0.6) is 0 Å². The van der Waals surface area contributed by atoms with E-state index in [0.29, 0.717) is 18.8 Å². The summed E-state index contributed by atoms with van der Waals surface area (Å²) in [7, 11) is 0. The molecule has 0 radical (unpaired) electrons. The van der Waals surface area contributed by atoms with Gasteiger partial charge in [-0.3, -0.25) is 9.89 Å². The van der Waals surface area contributed by atoms with Gasteiger partial charge in [0.15, 0.2) is 0 Å². The number of rotatable bonds is 5. The number of ether oxygens (including phenoxy) is 1. The number of hydrogen-bond acceptors (Lipinski definition) is 3. The molecule has 0 spiro atoms. The van der Waals surface area contributed by atoms with E-state index in [1.807, 2.05) is 31.2 Å². The Bertz CT molecular complexity index is 509. The van der Waals surface area contributed by atoms with Gasteiger partial charge in [-0.25, -0.2) is 0 Å². The fraction of sp³-hybridized carbons (Fsp3) is 0.231. The Kier molecular flexibility index (Phi) is 4.09. The van der Waals surface area contributed by atoms with E-state index >= 15 is 0 Å². The molecule has 1 amide bonds. The molecule has 1 aromatic carbocycles. The molecule has 5 heteroatoms. The summed E-state index contributed by atoms with van der Waals surface area (Å²) in [5.74, 6) is -0.187. The summed E-state index contributed by atoms with van der Waals surface area (Å²) in [4.78, 5) is 11.9. The molecule has 0 fully saturated rings. The summed E-state index contributed by atoms with van der Waals surface area (Å²) < 4.78 is 5.36. The molecule has 94 valence electrons. The largest absolute Gasteiger partial charge is 0.377 e. The maximum atomic E-state index is 11.9. The Hall–Kier alpha value is -2.14. The molecule has 0 saturated carbocycles. The number of hydrogen-bond donors (Lipinski definition) is 2. The highest BCUT2D eigenvalue weighted by Crippen LogP contribution is 2.17. The minimum Gasteiger partial charge on any atom is -0.377 e. The van der Waals surface area contributed by atoms with Gasteiger partial charge in [0.05, 0.1) is 18.4 Å². The fourth-order valence-electron chi connectivity index (χ4n) is 1.55. The lowest BCUT2D eigenvalue weighted by Gasteiger charge is -2.10. The molecule has 0 aliphatic rings. The van der Waals surface area contributed by atoms with Crippen LogP contribution in [0, 0.1) is 0 Å². The normalized spacial score (nSPS) is 10.3. The summed E-state index contributed by atoms with van der Waals surface area (Å²) >= 11 is 0. The molecule has 5 nitrogen and oxygen atoms in total. The van der Waals surface area contributed by atoms with Crippen LogP contribution in [0.25, 0.3) is 0 Å². The van der Waals surface area contributed by atoms with E-state index in [1.54, 1.807) is 6.20 Å². The van der Waals surface area contributed by atoms with Crippen molar-refractivity contribution in [3.63, 3.8) is 0 Å². The predicted octanol–water partition coefficient (Wildman–Crippen LogP) is 2.20. The molecular formula is C13H15N3O2. The number of aromatic nitrogens is 2. The van der Waals surface area contributed by atoms with Crippen LogP contribution in [0.2, 0.25) is 0 Å². The number of carbonyl (C=O) groups is 1. The van der Waals surface area contributed by atoms with E-state index in [-0.39, 0.29) is 5.91 Å². The highest BCUT2D eigenvalue weighted by atomic mass is 16.5. The number of anilines is 1. The smallest absolute Gasteiger partial charge is 0.258 e. The summed E-state index contributed by atoms with van der Waals surface area (Å²) in [6.07, 6.45) is 3.04. The van der Waals surface area contributed by atoms with Crippen molar-refractivity contribution in [2.75, 3.05) is 11.9 Å². The van der Waals surface area contributed by atoms with Crippen molar-refractivity contribution in [2.24, 2.45) is 0 Å². The number of benzene rings is 1. The van der Waals surface area contributed by atoms with Gasteiger partial charge in [0.2, 0.25) is 0 Å². The Morgan fingerprint density at radius 3 is 3.00 bits per heavy atom. The number of carbonyl (C=O) groups excluding carboxylic acids is 1. The van der Waals surface area contributed by atoms with E-state index < -0.39 is 0 Å². The number of amides is 1. The average Bonchev–Trinajstić information content (AvgIpc) is 2.91. The second kappa shape index (κ2) is 5.97. The van der Waals surface area contributed by atoms with Crippen molar-refractivity contribution in [2.45, 2.75) is 13.5 Å². The van der Waals surface area contributed by atoms with Crippen LogP contribution in [0.4, 0.5) is 5.69 Å². The van der Waals surface area contributed by atoms with Crippen LogP contribution in [-0.2, 0) is 11.3 Å². The second-order valence-corrected chi connectivity index (χ2v) is 3.74. The van der Waals surface area contributed by atoms with Gasteiger partial charge in [-0.2, -0.15) is 5.10 Å². The van der Waals surface area contributed by atoms with Gasteiger partial charge in [0.1, 0.15) is 0 Å². The van der Waals surface area contributed by atoms with E-state index in [4.69, 9.17) is 4.74 Å². The average molecular weight is 245 g/mol. The molecule has 0 bridgehead atoms. The lowest BCUT2D eigenvalue weighted by atomic mass is 10.2. The third-order valence-electron chi connectivity index (χ3n) is 2.49. The van der Waals surface area contributed by atoms with Crippen molar-refractivity contribution in [3.05, 3.63) is 47.8 Å². The van der Waals surface area contributed by atoms with Gasteiger partial charge in [-0.05, 0) is 13.0 Å². The van der Waals surface area contributed by atoms with E-state index in [1.165, 1.54) is 6.20 Å². The number of para-hydroxylation sites is 1. The SMILES string of the molecule is CCOCc1ccccc1NC(=O)c1cn[nH]c1. The zero-order valence-corrected chi connectivity index (χ0v) is 10.1. The van der Waals surface area contributed by atoms with Gasteiger partial charge in [-0.1, -0.05) is 18.2 Å². The first-order valence-corrected chi connectivity index (χ1v) is 5.77. The van der Waals surface area contributed by atoms with Gasteiger partial charge >= 0.3 is 0 Å². The summed E-state index contributed by atoms with van der Waals surface area (Å²) in [5.41, 5.74) is 2.22. The molecule has 2 aromatic rings. The Morgan fingerprint density at radius 2 is 2.28 bits per heavy atom. The van der Waals surface area contributed by atoms with Crippen LogP contribution in [0.3, 0.4) is 0 Å². The van der Waals surface area contributed by atoms with Gasteiger partial charge in [0, 0.05) is 24.1 Å². The zero-order valence-electron chi connectivity index (χ0n) is 10.1. The van der Waals surface area contributed by atoms with Crippen molar-refractivity contribution in [1.82, 2.24) is 10.2 Å². The number of nitrogens with one attached hydrogen (secondary N) is 2. The summed E-state index contributed by atoms with van der Waals surface area (Å²) in [6.45, 7) is 3.06. The standard InChI is InChI=1S/C13H15N3O2/c1-2-18-9-10-5-3-4-6-12(10)16-13(17)11-7-14-15-8-11/h3-8H,2,9H2,1H3,(H,14,15)(H,16,17). The highest BCUT2D eigenvalue weighted by Gasteiger charge is 2.09. The van der Waals surface area contributed by atoms with Crippen molar-refractivity contribution in [3.8, 4) is 0 Å². The molecular weight excluding hydrogens is 230 g/mol. The Morgan fingerprint density at radius 1 is 1.44 bits per heavy atom. The van der Waals surface area contributed by atoms with Gasteiger partial charge < -0.3 is 10.1 Å². The lowest BCUT2D eigenvalue weighted by molar-refractivity contribution is 0.102. The molecule has 2 rings (SSSR count). The molecule has 0 aliphatic heterocycles. The molecule has 2 N–H and O–H groups in total. The number of aromatic amines is 1. The zero-order chi connectivity index (χ0) is 12.8. The predicted molar refractivity (Wildman–Crippen MR) is 68.3 cm³/mol. The van der Waals surface area contributed by atoms with E-state index in [9.17, 15) is 4.79 Å². The second-order valence-electron chi connectivity index (χ2n) is 3.74. The fourth-order valence-corrected chi connectivity index (χ4v) is 1.55. The first-order valence-electron chi connectivity index (χ1n) is 5.77. The minimum atomic E-state index is -0.187. The molecule has 1 aromatic heterocycles. The molecule has 0 saturated heterocycles. The van der Waals surface area contributed by atoms with Gasteiger partial charge in [-0.15, -0.1) is 0 Å². The van der Waals surface area contributed by atoms with Crippen LogP contribution in [0.15, 0.2) is 36.7 Å². The van der Waals surface area contributed by atoms with Crippen molar-refractivity contribution in [1.29, 1.82) is 0 Å². The number of nitrogens with zero attached hydrogens (tertiary/aromatic N) is 1. The Labute approximate surface area is 105 Å². The van der Waals surface area contributed by atoms with Crippen LogP contribution in [-0.4, -0.2) is 22.7 Å². The third kappa shape index (κ3) is 2.95. The molecule has 0 unspecified atom stereocenters. The monoisotopic (exact) mass is 245 g/mol. The molecule has 18 heavy (non-hydrogen) atoms. The van der Waals surface area contributed by atoms with Crippen LogP contribution in [0.1, 0.15) is 22.8 Å². The van der Waals surface area contributed by atoms with Crippen LogP contribution >= 0.6 is 0 Å². The minimum absolute atomic E-state index is 0.187. The van der Waals surface area contributed by atoms with Gasteiger partial charge in [0.25, 0.3) is 5.91 Å². The topological polar surface area (TPSA) is 67.0 Å².